The van der Waals surface area contributed by atoms with E-state index in [1.807, 2.05) is 31.2 Å². The SMILES string of the molecule is Cc1[nH]c2ccccc2c1CCN(C)C(=O)C(=O)O. The molecular weight excluding hydrogens is 244 g/mol. The van der Waals surface area contributed by atoms with Crippen molar-refractivity contribution in [2.45, 2.75) is 13.3 Å². The van der Waals surface area contributed by atoms with E-state index in [1.54, 1.807) is 0 Å². The molecule has 0 aliphatic carbocycles. The lowest BCUT2D eigenvalue weighted by atomic mass is 10.1. The first-order valence-corrected chi connectivity index (χ1v) is 6.05. The van der Waals surface area contributed by atoms with Gasteiger partial charge in [-0.2, -0.15) is 0 Å². The summed E-state index contributed by atoms with van der Waals surface area (Å²) >= 11 is 0. The number of hydrogen-bond acceptors (Lipinski definition) is 2. The van der Waals surface area contributed by atoms with E-state index in [2.05, 4.69) is 4.98 Å². The molecule has 0 aliphatic heterocycles. The summed E-state index contributed by atoms with van der Waals surface area (Å²) in [7, 11) is 1.50. The summed E-state index contributed by atoms with van der Waals surface area (Å²) in [4.78, 5) is 26.4. The molecule has 0 bridgehead atoms. The van der Waals surface area contributed by atoms with Crippen LogP contribution in [0.1, 0.15) is 11.3 Å². The summed E-state index contributed by atoms with van der Waals surface area (Å²) in [5.41, 5.74) is 3.24. The molecule has 5 heteroatoms. The number of aliphatic carboxylic acids is 1. The number of likely N-dealkylation sites (N-methyl/N-ethyl adjacent to an activating group) is 1. The van der Waals surface area contributed by atoms with Gasteiger partial charge in [-0.15, -0.1) is 0 Å². The maximum absolute atomic E-state index is 11.3. The van der Waals surface area contributed by atoms with E-state index in [1.165, 1.54) is 11.9 Å². The van der Waals surface area contributed by atoms with E-state index in [4.69, 9.17) is 5.11 Å². The molecule has 2 aromatic rings. The minimum absolute atomic E-state index is 0.383. The van der Waals surface area contributed by atoms with Crippen LogP contribution >= 0.6 is 0 Å². The molecule has 1 heterocycles. The third kappa shape index (κ3) is 2.59. The summed E-state index contributed by atoms with van der Waals surface area (Å²) < 4.78 is 0. The Morgan fingerprint density at radius 3 is 2.68 bits per heavy atom. The van der Waals surface area contributed by atoms with E-state index in [0.717, 1.165) is 22.2 Å². The van der Waals surface area contributed by atoms with Crippen molar-refractivity contribution >= 4 is 22.8 Å². The summed E-state index contributed by atoms with van der Waals surface area (Å²) in [5, 5.41) is 9.76. The zero-order valence-corrected chi connectivity index (χ0v) is 10.9. The van der Waals surface area contributed by atoms with Crippen molar-refractivity contribution in [1.82, 2.24) is 9.88 Å². The number of carbonyl (C=O) groups is 2. The van der Waals surface area contributed by atoms with Crippen LogP contribution in [0, 0.1) is 6.92 Å². The van der Waals surface area contributed by atoms with Gasteiger partial charge in [0.1, 0.15) is 0 Å². The van der Waals surface area contributed by atoms with Gasteiger partial charge in [0, 0.05) is 30.2 Å². The second-order valence-corrected chi connectivity index (χ2v) is 4.56. The molecule has 5 nitrogen and oxygen atoms in total. The van der Waals surface area contributed by atoms with Crippen molar-refractivity contribution in [2.24, 2.45) is 0 Å². The molecule has 19 heavy (non-hydrogen) atoms. The molecule has 0 saturated heterocycles. The highest BCUT2D eigenvalue weighted by molar-refractivity contribution is 6.31. The number of carboxylic acid groups (broad SMARTS) is 1. The maximum Gasteiger partial charge on any atom is 0.394 e. The van der Waals surface area contributed by atoms with Crippen LogP contribution in [0.2, 0.25) is 0 Å². The Kier molecular flexibility index (Phi) is 3.55. The molecule has 1 aromatic carbocycles. The second-order valence-electron chi connectivity index (χ2n) is 4.56. The van der Waals surface area contributed by atoms with Crippen molar-refractivity contribution < 1.29 is 14.7 Å². The number of carboxylic acids is 1. The average Bonchev–Trinajstić information content (AvgIpc) is 2.70. The van der Waals surface area contributed by atoms with Crippen molar-refractivity contribution in [3.63, 3.8) is 0 Å². The van der Waals surface area contributed by atoms with Gasteiger partial charge in [-0.3, -0.25) is 4.79 Å². The average molecular weight is 260 g/mol. The zero-order chi connectivity index (χ0) is 14.0. The molecule has 0 aliphatic rings. The molecule has 1 amide bonds. The Hall–Kier alpha value is -2.30. The van der Waals surface area contributed by atoms with E-state index < -0.39 is 11.9 Å². The summed E-state index contributed by atoms with van der Waals surface area (Å²) in [5.74, 6) is -2.30. The lowest BCUT2D eigenvalue weighted by molar-refractivity contribution is -0.155. The fraction of sp³-hybridized carbons (Fsp3) is 0.286. The van der Waals surface area contributed by atoms with Crippen molar-refractivity contribution in [3.05, 3.63) is 35.5 Å². The molecule has 0 radical (unpaired) electrons. The van der Waals surface area contributed by atoms with Crippen LogP contribution in [0.25, 0.3) is 10.9 Å². The fourth-order valence-electron chi connectivity index (χ4n) is 2.20. The van der Waals surface area contributed by atoms with Gasteiger partial charge < -0.3 is 15.0 Å². The van der Waals surface area contributed by atoms with Crippen LogP contribution in [0.4, 0.5) is 0 Å². The molecular formula is C14H16N2O3. The predicted molar refractivity (Wildman–Crippen MR) is 72.0 cm³/mol. The van der Waals surface area contributed by atoms with Gasteiger partial charge in [-0.25, -0.2) is 4.79 Å². The number of hydrogen-bond donors (Lipinski definition) is 2. The van der Waals surface area contributed by atoms with Gasteiger partial charge >= 0.3 is 11.9 Å². The highest BCUT2D eigenvalue weighted by Crippen LogP contribution is 2.22. The highest BCUT2D eigenvalue weighted by Gasteiger charge is 2.17. The number of nitrogens with one attached hydrogen (secondary N) is 1. The number of benzene rings is 1. The topological polar surface area (TPSA) is 73.4 Å². The van der Waals surface area contributed by atoms with Gasteiger partial charge in [-0.05, 0) is 25.0 Å². The van der Waals surface area contributed by atoms with Crippen LogP contribution < -0.4 is 0 Å². The summed E-state index contributed by atoms with van der Waals surface area (Å²) in [6.07, 6.45) is 0.630. The molecule has 1 aromatic heterocycles. The number of aromatic amines is 1. The number of fused-ring (bicyclic) bond motifs is 1. The molecule has 0 spiro atoms. The summed E-state index contributed by atoms with van der Waals surface area (Å²) in [6, 6.07) is 7.94. The number of para-hydroxylation sites is 1. The number of carbonyl (C=O) groups excluding carboxylic acids is 1. The maximum atomic E-state index is 11.3. The molecule has 0 atom stereocenters. The Morgan fingerprint density at radius 2 is 2.00 bits per heavy atom. The largest absolute Gasteiger partial charge is 0.474 e. The van der Waals surface area contributed by atoms with E-state index in [0.29, 0.717) is 13.0 Å². The van der Waals surface area contributed by atoms with Crippen LogP contribution in [0.15, 0.2) is 24.3 Å². The Balaban J connectivity index is 2.16. The minimum Gasteiger partial charge on any atom is -0.474 e. The number of aromatic nitrogens is 1. The zero-order valence-electron chi connectivity index (χ0n) is 10.9. The standard InChI is InChI=1S/C14H16N2O3/c1-9-10(7-8-16(2)13(17)14(18)19)11-5-3-4-6-12(11)15-9/h3-6,15H,7-8H2,1-2H3,(H,18,19). The van der Waals surface area contributed by atoms with Gasteiger partial charge in [0.25, 0.3) is 0 Å². The van der Waals surface area contributed by atoms with Crippen LogP contribution in [0.5, 0.6) is 0 Å². The van der Waals surface area contributed by atoms with Gasteiger partial charge in [-0.1, -0.05) is 18.2 Å². The summed E-state index contributed by atoms with van der Waals surface area (Å²) in [6.45, 7) is 2.36. The second kappa shape index (κ2) is 5.14. The minimum atomic E-state index is -1.42. The van der Waals surface area contributed by atoms with Crippen LogP contribution in [-0.2, 0) is 16.0 Å². The van der Waals surface area contributed by atoms with E-state index in [-0.39, 0.29) is 0 Å². The fourth-order valence-corrected chi connectivity index (χ4v) is 2.20. The quantitative estimate of drug-likeness (QED) is 0.822. The molecule has 0 saturated carbocycles. The lowest BCUT2D eigenvalue weighted by Crippen LogP contribution is -2.34. The van der Waals surface area contributed by atoms with Gasteiger partial charge in [0.2, 0.25) is 0 Å². The molecule has 2 rings (SSSR count). The molecule has 100 valence electrons. The van der Waals surface area contributed by atoms with Gasteiger partial charge in [0.15, 0.2) is 0 Å². The monoisotopic (exact) mass is 260 g/mol. The number of aryl methyl sites for hydroxylation is 1. The number of rotatable bonds is 3. The highest BCUT2D eigenvalue weighted by atomic mass is 16.4. The Bertz CT molecular complexity index is 631. The first-order chi connectivity index (χ1) is 9.00. The number of H-pyrrole nitrogens is 1. The normalized spacial score (nSPS) is 10.6. The molecule has 0 fully saturated rings. The number of amides is 1. The van der Waals surface area contributed by atoms with Crippen molar-refractivity contribution in [2.75, 3.05) is 13.6 Å². The lowest BCUT2D eigenvalue weighted by Gasteiger charge is -2.14. The van der Waals surface area contributed by atoms with Gasteiger partial charge in [0.05, 0.1) is 0 Å². The van der Waals surface area contributed by atoms with Crippen LogP contribution in [0.3, 0.4) is 0 Å². The Morgan fingerprint density at radius 1 is 1.32 bits per heavy atom. The third-order valence-electron chi connectivity index (χ3n) is 3.25. The predicted octanol–water partition coefficient (Wildman–Crippen LogP) is 1.56. The molecule has 0 unspecified atom stereocenters. The first-order valence-electron chi connectivity index (χ1n) is 6.05. The Labute approximate surface area is 110 Å². The smallest absolute Gasteiger partial charge is 0.394 e. The number of nitrogens with zero attached hydrogens (tertiary/aromatic N) is 1. The molecule has 2 N–H and O–H groups in total. The van der Waals surface area contributed by atoms with Crippen molar-refractivity contribution in [1.29, 1.82) is 0 Å². The third-order valence-corrected chi connectivity index (χ3v) is 3.25. The van der Waals surface area contributed by atoms with E-state index >= 15 is 0 Å². The van der Waals surface area contributed by atoms with E-state index in [9.17, 15) is 9.59 Å². The van der Waals surface area contributed by atoms with Crippen LogP contribution in [-0.4, -0.2) is 40.5 Å². The first kappa shape index (κ1) is 13.1. The van der Waals surface area contributed by atoms with Crippen molar-refractivity contribution in [3.8, 4) is 0 Å².